The van der Waals surface area contributed by atoms with Crippen LogP contribution in [0.5, 0.6) is 0 Å². The number of benzene rings is 1. The van der Waals surface area contributed by atoms with E-state index in [1.807, 2.05) is 6.07 Å². The fraction of sp³-hybridized carbons (Fsp3) is 0.500. The predicted octanol–water partition coefficient (Wildman–Crippen LogP) is 4.18. The van der Waals surface area contributed by atoms with Crippen LogP contribution < -0.4 is 0 Å². The molecule has 0 saturated heterocycles. The van der Waals surface area contributed by atoms with Gasteiger partial charge in [0.2, 0.25) is 0 Å². The number of carbonyl (C=O) groups is 1. The molecule has 1 saturated carbocycles. The minimum atomic E-state index is -0.645. The van der Waals surface area contributed by atoms with E-state index in [1.165, 1.54) is 0 Å². The molecule has 0 spiro atoms. The first-order chi connectivity index (χ1) is 9.61. The van der Waals surface area contributed by atoms with Gasteiger partial charge < -0.3 is 5.11 Å². The Balaban J connectivity index is 1.94. The van der Waals surface area contributed by atoms with Crippen LogP contribution in [0.15, 0.2) is 18.2 Å². The monoisotopic (exact) mass is 289 g/mol. The summed E-state index contributed by atoms with van der Waals surface area (Å²) in [6, 6.07) is 6.16. The number of aromatic nitrogens is 1. The van der Waals surface area contributed by atoms with Crippen molar-refractivity contribution in [3.8, 4) is 0 Å². The van der Waals surface area contributed by atoms with Gasteiger partial charge in [0.25, 0.3) is 0 Å². The molecule has 20 heavy (non-hydrogen) atoms. The molecule has 0 atom stereocenters. The van der Waals surface area contributed by atoms with Gasteiger partial charge in [0.05, 0.1) is 20.6 Å². The van der Waals surface area contributed by atoms with Crippen LogP contribution in [0.25, 0.3) is 10.2 Å². The minimum absolute atomic E-state index is 0.583. The molecule has 1 fully saturated rings. The highest BCUT2D eigenvalue weighted by Crippen LogP contribution is 2.41. The molecule has 2 aromatic rings. The fourth-order valence-corrected chi connectivity index (χ4v) is 4.38. The summed E-state index contributed by atoms with van der Waals surface area (Å²) in [5, 5.41) is 10.6. The highest BCUT2D eigenvalue weighted by Gasteiger charge is 2.40. The quantitative estimate of drug-likeness (QED) is 0.922. The largest absolute Gasteiger partial charge is 0.481 e. The molecule has 3 rings (SSSR count). The molecule has 4 heteroatoms. The third kappa shape index (κ3) is 2.33. The Hall–Kier alpha value is -1.42. The molecule has 0 aliphatic heterocycles. The van der Waals surface area contributed by atoms with Crippen molar-refractivity contribution in [3.63, 3.8) is 0 Å². The van der Waals surface area contributed by atoms with E-state index in [2.05, 4.69) is 24.0 Å². The zero-order valence-electron chi connectivity index (χ0n) is 11.7. The zero-order valence-corrected chi connectivity index (χ0v) is 12.5. The van der Waals surface area contributed by atoms with Gasteiger partial charge >= 0.3 is 5.97 Å². The highest BCUT2D eigenvalue weighted by molar-refractivity contribution is 7.18. The van der Waals surface area contributed by atoms with Gasteiger partial charge in [-0.1, -0.05) is 31.4 Å². The van der Waals surface area contributed by atoms with Crippen LogP contribution in [0.4, 0.5) is 0 Å². The molecule has 3 nitrogen and oxygen atoms in total. The lowest BCUT2D eigenvalue weighted by Gasteiger charge is -2.32. The summed E-state index contributed by atoms with van der Waals surface area (Å²) in [4.78, 5) is 16.4. The molecule has 1 N–H and O–H groups in total. The number of rotatable bonds is 3. The molecule has 1 aromatic carbocycles. The number of para-hydroxylation sites is 1. The summed E-state index contributed by atoms with van der Waals surface area (Å²) in [6.45, 7) is 2.05. The topological polar surface area (TPSA) is 50.2 Å². The Bertz CT molecular complexity index is 641. The number of fused-ring (bicyclic) bond motifs is 1. The van der Waals surface area contributed by atoms with Crippen LogP contribution in [0.1, 0.15) is 42.7 Å². The van der Waals surface area contributed by atoms with Crippen molar-refractivity contribution in [2.75, 3.05) is 0 Å². The molecule has 0 radical (unpaired) electrons. The van der Waals surface area contributed by atoms with Gasteiger partial charge in [0.1, 0.15) is 0 Å². The second kappa shape index (κ2) is 5.17. The van der Waals surface area contributed by atoms with Crippen molar-refractivity contribution in [1.29, 1.82) is 0 Å². The third-order valence-electron chi connectivity index (χ3n) is 4.42. The maximum absolute atomic E-state index is 11.7. The van der Waals surface area contributed by atoms with E-state index >= 15 is 0 Å². The van der Waals surface area contributed by atoms with Crippen molar-refractivity contribution in [1.82, 2.24) is 4.98 Å². The van der Waals surface area contributed by atoms with E-state index in [0.29, 0.717) is 6.42 Å². The molecule has 0 amide bonds. The summed E-state index contributed by atoms with van der Waals surface area (Å²) >= 11 is 1.65. The molecule has 1 aliphatic carbocycles. The molecular weight excluding hydrogens is 270 g/mol. The number of hydrogen-bond acceptors (Lipinski definition) is 3. The number of aryl methyl sites for hydroxylation is 1. The van der Waals surface area contributed by atoms with E-state index in [-0.39, 0.29) is 0 Å². The molecule has 1 aliphatic rings. The summed E-state index contributed by atoms with van der Waals surface area (Å²) in [5.41, 5.74) is 1.61. The van der Waals surface area contributed by atoms with Crippen molar-refractivity contribution in [2.24, 2.45) is 5.41 Å². The first kappa shape index (κ1) is 13.6. The van der Waals surface area contributed by atoms with Crippen molar-refractivity contribution in [2.45, 2.75) is 45.4 Å². The summed E-state index contributed by atoms with van der Waals surface area (Å²) < 4.78 is 1.16. The number of carboxylic acids is 1. The van der Waals surface area contributed by atoms with Gasteiger partial charge in [-0.2, -0.15) is 0 Å². The number of carboxylic acid groups (broad SMARTS) is 1. The molecule has 0 bridgehead atoms. The van der Waals surface area contributed by atoms with Crippen LogP contribution in [0.2, 0.25) is 0 Å². The maximum Gasteiger partial charge on any atom is 0.310 e. The molecular formula is C16H19NO2S. The SMILES string of the molecule is Cc1cccc2sc(CC3(C(=O)O)CCCCC3)nc12. The Morgan fingerprint density at radius 1 is 1.35 bits per heavy atom. The smallest absolute Gasteiger partial charge is 0.310 e. The van der Waals surface area contributed by atoms with Crippen LogP contribution in [0.3, 0.4) is 0 Å². The normalized spacial score (nSPS) is 18.2. The third-order valence-corrected chi connectivity index (χ3v) is 5.44. The number of aliphatic carboxylic acids is 1. The zero-order chi connectivity index (χ0) is 14.2. The van der Waals surface area contributed by atoms with Gasteiger partial charge in [0.15, 0.2) is 0 Å². The second-order valence-electron chi connectivity index (χ2n) is 5.85. The number of hydrogen-bond donors (Lipinski definition) is 1. The Labute approximate surface area is 122 Å². The van der Waals surface area contributed by atoms with Gasteiger partial charge in [0, 0.05) is 6.42 Å². The number of nitrogens with zero attached hydrogens (tertiary/aromatic N) is 1. The second-order valence-corrected chi connectivity index (χ2v) is 6.97. The average molecular weight is 289 g/mol. The van der Waals surface area contributed by atoms with Crippen LogP contribution in [-0.4, -0.2) is 16.1 Å². The van der Waals surface area contributed by atoms with E-state index in [4.69, 9.17) is 0 Å². The lowest BCUT2D eigenvalue weighted by Crippen LogP contribution is -2.35. The fourth-order valence-electron chi connectivity index (χ4n) is 3.19. The van der Waals surface area contributed by atoms with Gasteiger partial charge in [-0.15, -0.1) is 11.3 Å². The van der Waals surface area contributed by atoms with Gasteiger partial charge in [-0.25, -0.2) is 4.98 Å². The average Bonchev–Trinajstić information content (AvgIpc) is 2.83. The van der Waals surface area contributed by atoms with Crippen molar-refractivity contribution >= 4 is 27.5 Å². The Morgan fingerprint density at radius 2 is 2.10 bits per heavy atom. The Kier molecular flexibility index (Phi) is 3.50. The predicted molar refractivity (Wildman–Crippen MR) is 81.2 cm³/mol. The molecule has 1 aromatic heterocycles. The summed E-state index contributed by atoms with van der Waals surface area (Å²) in [7, 11) is 0. The van der Waals surface area contributed by atoms with Crippen molar-refractivity contribution in [3.05, 3.63) is 28.8 Å². The molecule has 0 unspecified atom stereocenters. The highest BCUT2D eigenvalue weighted by atomic mass is 32.1. The Morgan fingerprint density at radius 3 is 2.75 bits per heavy atom. The van der Waals surface area contributed by atoms with Gasteiger partial charge in [-0.3, -0.25) is 4.79 Å². The standard InChI is InChI=1S/C16H19NO2S/c1-11-6-5-7-12-14(11)17-13(20-12)10-16(15(18)19)8-3-2-4-9-16/h5-7H,2-4,8-10H2,1H3,(H,18,19). The first-order valence-electron chi connectivity index (χ1n) is 7.19. The molecule has 1 heterocycles. The van der Waals surface area contributed by atoms with E-state index in [1.54, 1.807) is 11.3 Å². The van der Waals surface area contributed by atoms with Crippen molar-refractivity contribution < 1.29 is 9.90 Å². The maximum atomic E-state index is 11.7. The summed E-state index contributed by atoms with van der Waals surface area (Å²) in [6.07, 6.45) is 5.37. The van der Waals surface area contributed by atoms with Crippen LogP contribution in [0, 0.1) is 12.3 Å². The van der Waals surface area contributed by atoms with E-state index in [0.717, 1.165) is 52.9 Å². The number of thiazole rings is 1. The summed E-state index contributed by atoms with van der Waals surface area (Å²) in [5.74, 6) is -0.645. The minimum Gasteiger partial charge on any atom is -0.481 e. The van der Waals surface area contributed by atoms with E-state index in [9.17, 15) is 9.90 Å². The van der Waals surface area contributed by atoms with Gasteiger partial charge in [-0.05, 0) is 31.4 Å². The van der Waals surface area contributed by atoms with E-state index < -0.39 is 11.4 Å². The lowest BCUT2D eigenvalue weighted by molar-refractivity contribution is -0.151. The first-order valence-corrected chi connectivity index (χ1v) is 8.01. The molecule has 106 valence electrons. The lowest BCUT2D eigenvalue weighted by atomic mass is 9.72. The van der Waals surface area contributed by atoms with Crippen LogP contribution >= 0.6 is 11.3 Å². The van der Waals surface area contributed by atoms with Crippen LogP contribution in [-0.2, 0) is 11.2 Å².